The molecule has 4 aliphatic carbocycles. The van der Waals surface area contributed by atoms with Crippen molar-refractivity contribution in [1.82, 2.24) is 10.3 Å². The first-order chi connectivity index (χ1) is 14.5. The van der Waals surface area contributed by atoms with E-state index in [4.69, 9.17) is 12.2 Å². The summed E-state index contributed by atoms with van der Waals surface area (Å²) in [4.78, 5) is 17.4. The molecule has 0 spiro atoms. The molecule has 4 bridgehead atoms. The highest BCUT2D eigenvalue weighted by molar-refractivity contribution is 7.80. The normalized spacial score (nSPS) is 29.3. The number of aromatic nitrogens is 1. The van der Waals surface area contributed by atoms with E-state index in [9.17, 15) is 4.79 Å². The third-order valence-corrected chi connectivity index (χ3v) is 8.58. The molecule has 0 unspecified atom stereocenters. The fraction of sp³-hybridized carbons (Fsp3) is 0.625. The van der Waals surface area contributed by atoms with Gasteiger partial charge in [-0.2, -0.15) is 0 Å². The maximum Gasteiger partial charge on any atom is 0.226 e. The molecule has 1 aromatic heterocycles. The van der Waals surface area contributed by atoms with Gasteiger partial charge in [-0.3, -0.25) is 4.79 Å². The Morgan fingerprint density at radius 2 is 1.90 bits per heavy atom. The minimum atomic E-state index is 0.0670. The Hall–Kier alpha value is -1.53. The Balaban J connectivity index is 1.18. The average molecular weight is 442 g/mol. The van der Waals surface area contributed by atoms with Crippen molar-refractivity contribution in [3.05, 3.63) is 23.8 Å². The molecule has 1 amide bonds. The first-order valence-electron chi connectivity index (χ1n) is 11.5. The standard InChI is InChI=1S/C24H31N3OS2/c1-2-3-4-15-5-6-19-20(10-15)30-23(25-19)27-22(29)26-21(28)14-24-11-16-7-17(12-24)9-18(8-16)13-24/h5-6,10,16-18H,2-4,7-9,11-14H2,1H3,(H2,25,26,27,28,29). The van der Waals surface area contributed by atoms with E-state index >= 15 is 0 Å². The number of fused-ring (bicyclic) bond motifs is 1. The Bertz CT molecular complexity index is 931. The monoisotopic (exact) mass is 441 g/mol. The summed E-state index contributed by atoms with van der Waals surface area (Å²) in [6.45, 7) is 2.21. The number of anilines is 1. The van der Waals surface area contributed by atoms with Gasteiger partial charge in [0.25, 0.3) is 0 Å². The van der Waals surface area contributed by atoms with Crippen LogP contribution in [0.3, 0.4) is 0 Å². The van der Waals surface area contributed by atoms with Crippen LogP contribution in [0.1, 0.15) is 70.3 Å². The Labute approximate surface area is 188 Å². The number of amides is 1. The molecule has 0 atom stereocenters. The molecular weight excluding hydrogens is 410 g/mol. The summed E-state index contributed by atoms with van der Waals surface area (Å²) in [5, 5.41) is 7.19. The highest BCUT2D eigenvalue weighted by Crippen LogP contribution is 2.61. The van der Waals surface area contributed by atoms with Crippen molar-refractivity contribution >= 4 is 49.9 Å². The van der Waals surface area contributed by atoms with E-state index < -0.39 is 0 Å². The number of benzene rings is 1. The van der Waals surface area contributed by atoms with Crippen LogP contribution in [0.4, 0.5) is 5.13 Å². The smallest absolute Gasteiger partial charge is 0.226 e. The molecule has 2 N–H and O–H groups in total. The Morgan fingerprint density at radius 3 is 2.57 bits per heavy atom. The van der Waals surface area contributed by atoms with Gasteiger partial charge in [-0.1, -0.05) is 30.7 Å². The second-order valence-corrected chi connectivity index (χ2v) is 11.5. The highest BCUT2D eigenvalue weighted by atomic mass is 32.1. The van der Waals surface area contributed by atoms with Crippen molar-refractivity contribution < 1.29 is 4.79 Å². The quantitative estimate of drug-likeness (QED) is 0.535. The predicted molar refractivity (Wildman–Crippen MR) is 128 cm³/mol. The van der Waals surface area contributed by atoms with Crippen LogP contribution in [-0.4, -0.2) is 16.0 Å². The molecule has 6 rings (SSSR count). The minimum absolute atomic E-state index is 0.0670. The number of nitrogens with one attached hydrogen (secondary N) is 2. The number of rotatable bonds is 6. The third-order valence-electron chi connectivity index (χ3n) is 7.45. The number of unbranched alkanes of at least 4 members (excludes halogenated alkanes) is 1. The van der Waals surface area contributed by atoms with Crippen molar-refractivity contribution in [3.8, 4) is 0 Å². The number of hydrogen-bond donors (Lipinski definition) is 2. The van der Waals surface area contributed by atoms with E-state index in [0.717, 1.165) is 39.5 Å². The lowest BCUT2D eigenvalue weighted by atomic mass is 9.49. The molecule has 4 nitrogen and oxygen atoms in total. The summed E-state index contributed by atoms with van der Waals surface area (Å²) in [5.41, 5.74) is 2.57. The fourth-order valence-corrected chi connectivity index (χ4v) is 7.91. The number of carbonyl (C=O) groups excluding carboxylic acids is 1. The molecule has 2 aromatic rings. The SMILES string of the molecule is CCCCc1ccc2nc(NC(=S)NC(=O)CC34CC5CC(CC(C5)C3)C4)sc2c1. The molecule has 4 fully saturated rings. The van der Waals surface area contributed by atoms with Crippen LogP contribution >= 0.6 is 23.6 Å². The van der Waals surface area contributed by atoms with Gasteiger partial charge in [0.15, 0.2) is 10.2 Å². The van der Waals surface area contributed by atoms with Gasteiger partial charge < -0.3 is 10.6 Å². The van der Waals surface area contributed by atoms with Crippen molar-refractivity contribution in [1.29, 1.82) is 0 Å². The van der Waals surface area contributed by atoms with Crippen LogP contribution in [0.2, 0.25) is 0 Å². The number of carbonyl (C=O) groups is 1. The molecular formula is C24H31N3OS2. The highest BCUT2D eigenvalue weighted by Gasteiger charge is 2.51. The summed E-state index contributed by atoms with van der Waals surface area (Å²) in [5.74, 6) is 2.65. The van der Waals surface area contributed by atoms with Gasteiger partial charge in [0.2, 0.25) is 5.91 Å². The van der Waals surface area contributed by atoms with Crippen LogP contribution in [0, 0.1) is 23.2 Å². The molecule has 1 aromatic carbocycles. The van der Waals surface area contributed by atoms with Crippen LogP contribution < -0.4 is 10.6 Å². The molecule has 0 radical (unpaired) electrons. The largest absolute Gasteiger partial charge is 0.308 e. The summed E-state index contributed by atoms with van der Waals surface area (Å²) in [7, 11) is 0. The predicted octanol–water partition coefficient (Wildman–Crippen LogP) is 6.06. The number of hydrogen-bond acceptors (Lipinski definition) is 4. The first-order valence-corrected chi connectivity index (χ1v) is 12.7. The van der Waals surface area contributed by atoms with Gasteiger partial charge in [-0.15, -0.1) is 0 Å². The van der Waals surface area contributed by atoms with Crippen LogP contribution in [0.5, 0.6) is 0 Å². The number of thiazole rings is 1. The third kappa shape index (κ3) is 4.26. The second-order valence-electron chi connectivity index (χ2n) is 10.0. The number of nitrogens with zero attached hydrogens (tertiary/aromatic N) is 1. The lowest BCUT2D eigenvalue weighted by Gasteiger charge is -2.56. The number of thiocarbonyl (C=S) groups is 1. The van der Waals surface area contributed by atoms with Crippen LogP contribution in [0.15, 0.2) is 18.2 Å². The van der Waals surface area contributed by atoms with Crippen molar-refractivity contribution in [2.75, 3.05) is 5.32 Å². The number of aryl methyl sites for hydroxylation is 1. The van der Waals surface area contributed by atoms with E-state index in [2.05, 4.69) is 40.7 Å². The second kappa shape index (κ2) is 8.19. The van der Waals surface area contributed by atoms with Gasteiger partial charge in [0.1, 0.15) is 0 Å². The van der Waals surface area contributed by atoms with Crippen molar-refractivity contribution in [2.45, 2.75) is 71.1 Å². The van der Waals surface area contributed by atoms with Gasteiger partial charge in [-0.25, -0.2) is 4.98 Å². The molecule has 4 aliphatic rings. The van der Waals surface area contributed by atoms with E-state index in [1.807, 2.05) is 0 Å². The summed E-state index contributed by atoms with van der Waals surface area (Å²) in [6, 6.07) is 6.46. The van der Waals surface area contributed by atoms with Crippen LogP contribution in [0.25, 0.3) is 10.2 Å². The molecule has 160 valence electrons. The molecule has 0 saturated heterocycles. The minimum Gasteiger partial charge on any atom is -0.308 e. The topological polar surface area (TPSA) is 54.0 Å². The molecule has 4 saturated carbocycles. The molecule has 30 heavy (non-hydrogen) atoms. The summed E-state index contributed by atoms with van der Waals surface area (Å²) >= 11 is 7.03. The zero-order chi connectivity index (χ0) is 20.7. The van der Waals surface area contributed by atoms with Gasteiger partial charge in [-0.05, 0) is 104 Å². The van der Waals surface area contributed by atoms with Crippen molar-refractivity contribution in [3.63, 3.8) is 0 Å². The zero-order valence-electron chi connectivity index (χ0n) is 17.7. The van der Waals surface area contributed by atoms with Gasteiger partial charge in [0, 0.05) is 6.42 Å². The summed E-state index contributed by atoms with van der Waals surface area (Å²) in [6.07, 6.45) is 12.1. The van der Waals surface area contributed by atoms with Gasteiger partial charge in [0.05, 0.1) is 10.2 Å². The van der Waals surface area contributed by atoms with E-state index in [1.54, 1.807) is 11.3 Å². The lowest BCUT2D eigenvalue weighted by molar-refractivity contribution is -0.127. The van der Waals surface area contributed by atoms with E-state index in [1.165, 1.54) is 56.9 Å². The fourth-order valence-electron chi connectivity index (χ4n) is 6.71. The molecule has 6 heteroatoms. The van der Waals surface area contributed by atoms with Crippen LogP contribution in [-0.2, 0) is 11.2 Å². The van der Waals surface area contributed by atoms with E-state index in [0.29, 0.717) is 11.5 Å². The first kappa shape index (κ1) is 20.4. The Kier molecular flexibility index (Phi) is 5.56. The van der Waals surface area contributed by atoms with Gasteiger partial charge >= 0.3 is 0 Å². The maximum absolute atomic E-state index is 12.8. The maximum atomic E-state index is 12.8. The van der Waals surface area contributed by atoms with Crippen molar-refractivity contribution in [2.24, 2.45) is 23.2 Å². The Morgan fingerprint density at radius 1 is 1.20 bits per heavy atom. The molecule has 0 aliphatic heterocycles. The lowest BCUT2D eigenvalue weighted by Crippen LogP contribution is -2.48. The molecule has 1 heterocycles. The zero-order valence-corrected chi connectivity index (χ0v) is 19.3. The van der Waals surface area contributed by atoms with E-state index in [-0.39, 0.29) is 11.3 Å². The summed E-state index contributed by atoms with van der Waals surface area (Å²) < 4.78 is 1.16. The average Bonchev–Trinajstić information content (AvgIpc) is 3.05.